The number of amides is 4. The fourth-order valence-electron chi connectivity index (χ4n) is 3.67. The van der Waals surface area contributed by atoms with Crippen molar-refractivity contribution in [3.05, 3.63) is 51.2 Å². The zero-order chi connectivity index (χ0) is 24.6. The number of aromatic nitrogens is 2. The number of nitrogens with two attached hydrogens (primary N) is 1. The summed E-state index contributed by atoms with van der Waals surface area (Å²) in [5.41, 5.74) is 5.93. The van der Waals surface area contributed by atoms with Crippen LogP contribution in [-0.2, 0) is 9.59 Å². The molecule has 2 atom stereocenters. The molecule has 14 heteroatoms. The molecule has 11 nitrogen and oxygen atoms in total. The van der Waals surface area contributed by atoms with Gasteiger partial charge in [0.05, 0.1) is 28.5 Å². The van der Waals surface area contributed by atoms with Crippen molar-refractivity contribution in [2.75, 3.05) is 11.5 Å². The molecule has 3 heterocycles. The fourth-order valence-corrected chi connectivity index (χ4v) is 7.06. The van der Waals surface area contributed by atoms with Crippen LogP contribution in [0.3, 0.4) is 0 Å². The number of aryl methyl sites for hydroxylation is 1. The average molecular weight is 517 g/mol. The molecular formula is C20H16N6O5S3. The molecule has 1 saturated heterocycles. The number of nitrogens with one attached hydrogen (secondary N) is 1. The minimum atomic E-state index is -1.19. The van der Waals surface area contributed by atoms with Gasteiger partial charge in [0.1, 0.15) is 10.7 Å². The van der Waals surface area contributed by atoms with E-state index in [-0.39, 0.29) is 16.8 Å². The summed E-state index contributed by atoms with van der Waals surface area (Å²) in [6.07, 6.45) is 0. The zero-order valence-electron chi connectivity index (χ0n) is 17.5. The van der Waals surface area contributed by atoms with Crippen molar-refractivity contribution < 1.29 is 24.3 Å². The molecule has 1 aromatic heterocycles. The number of hydrogen-bond acceptors (Lipinski definition) is 10. The van der Waals surface area contributed by atoms with Crippen LogP contribution in [-0.4, -0.2) is 60.9 Å². The molecule has 0 aliphatic carbocycles. The number of thioether (sulfide) groups is 2. The number of rotatable bonds is 6. The molecule has 0 bridgehead atoms. The van der Waals surface area contributed by atoms with Gasteiger partial charge in [0.15, 0.2) is 4.34 Å². The number of fused-ring (bicyclic) bond motifs is 1. The highest BCUT2D eigenvalue weighted by atomic mass is 32.2. The van der Waals surface area contributed by atoms with Crippen molar-refractivity contribution in [2.45, 2.75) is 22.6 Å². The fraction of sp³-hybridized carbons (Fsp3) is 0.250. The van der Waals surface area contributed by atoms with Crippen molar-refractivity contribution in [1.29, 1.82) is 5.26 Å². The van der Waals surface area contributed by atoms with Gasteiger partial charge in [0, 0.05) is 11.5 Å². The monoisotopic (exact) mass is 516 g/mol. The number of carbonyl (C=O) groups is 4. The van der Waals surface area contributed by atoms with Crippen molar-refractivity contribution in [1.82, 2.24) is 20.4 Å². The number of nitriles is 1. The minimum absolute atomic E-state index is 0.0137. The number of hydrogen-bond donors (Lipinski definition) is 3. The molecule has 4 N–H and O–H groups in total. The first-order valence-corrected chi connectivity index (χ1v) is 12.5. The second-order valence-corrected chi connectivity index (χ2v) is 10.8. The van der Waals surface area contributed by atoms with Crippen LogP contribution < -0.4 is 11.1 Å². The number of β-lactam (4-membered cyclic amide) rings is 1. The maximum atomic E-state index is 13.1. The van der Waals surface area contributed by atoms with Gasteiger partial charge in [-0.25, -0.2) is 9.59 Å². The summed E-state index contributed by atoms with van der Waals surface area (Å²) < 4.78 is 0.717. The predicted octanol–water partition coefficient (Wildman–Crippen LogP) is 1.66. The third kappa shape index (κ3) is 4.37. The van der Waals surface area contributed by atoms with Gasteiger partial charge in [0.25, 0.3) is 5.91 Å². The molecule has 1 unspecified atom stereocenters. The van der Waals surface area contributed by atoms with Crippen LogP contribution >= 0.6 is 34.9 Å². The van der Waals surface area contributed by atoms with Gasteiger partial charge in [-0.1, -0.05) is 29.2 Å². The molecule has 0 radical (unpaired) electrons. The lowest BCUT2D eigenvalue weighted by molar-refractivity contribution is -0.148. The van der Waals surface area contributed by atoms with E-state index in [0.717, 1.165) is 5.01 Å². The molecule has 1 fully saturated rings. The Hall–Kier alpha value is -3.41. The Kier molecular flexibility index (Phi) is 6.60. The second-order valence-electron chi connectivity index (χ2n) is 7.26. The zero-order valence-corrected chi connectivity index (χ0v) is 19.9. The average Bonchev–Trinajstić information content (AvgIpc) is 3.21. The summed E-state index contributed by atoms with van der Waals surface area (Å²) in [5.74, 6) is -2.41. The molecule has 2 aliphatic heterocycles. The van der Waals surface area contributed by atoms with Crippen molar-refractivity contribution >= 4 is 58.7 Å². The van der Waals surface area contributed by atoms with Crippen LogP contribution in [0.25, 0.3) is 0 Å². The standard InChI is InChI=1S/C20H16N6O5S3/c1-8-24-25-20(34-8)33-7-11-6-32-17-13(16(28)26(17)14(11)18(29)30)9-2-3-10(5-21)12(4-9)15(27)23-19(22)31/h2-4,13,17H,6-7H2,1H3,(H,29,30)(H3,22,23,27,31)/t13?,17-/m0/s1. The van der Waals surface area contributed by atoms with Gasteiger partial charge in [-0.2, -0.15) is 5.26 Å². The third-order valence-corrected chi connectivity index (χ3v) is 8.53. The minimum Gasteiger partial charge on any atom is -0.477 e. The first-order valence-electron chi connectivity index (χ1n) is 9.69. The Labute approximate surface area is 205 Å². The Morgan fingerprint density at radius 1 is 1.38 bits per heavy atom. The number of nitrogens with zero attached hydrogens (tertiary/aromatic N) is 4. The lowest BCUT2D eigenvalue weighted by atomic mass is 9.86. The largest absolute Gasteiger partial charge is 0.477 e. The summed E-state index contributed by atoms with van der Waals surface area (Å²) in [4.78, 5) is 49.8. The molecule has 0 saturated carbocycles. The molecular weight excluding hydrogens is 500 g/mol. The molecule has 2 aromatic rings. The van der Waals surface area contributed by atoms with Gasteiger partial charge < -0.3 is 10.8 Å². The molecule has 174 valence electrons. The van der Waals surface area contributed by atoms with Crippen molar-refractivity contribution in [3.63, 3.8) is 0 Å². The van der Waals surface area contributed by atoms with Crippen molar-refractivity contribution in [3.8, 4) is 6.07 Å². The van der Waals surface area contributed by atoms with E-state index in [1.807, 2.05) is 18.3 Å². The number of aliphatic carboxylic acids is 1. The highest BCUT2D eigenvalue weighted by Gasteiger charge is 2.54. The first kappa shape index (κ1) is 23.7. The van der Waals surface area contributed by atoms with E-state index in [0.29, 0.717) is 27.0 Å². The number of benzene rings is 1. The number of carboxylic acid groups (broad SMARTS) is 1. The van der Waals surface area contributed by atoms with Gasteiger partial charge in [-0.15, -0.1) is 22.0 Å². The molecule has 4 rings (SSSR count). The van der Waals surface area contributed by atoms with Crippen LogP contribution in [0.1, 0.15) is 32.4 Å². The topological polar surface area (TPSA) is 179 Å². The van der Waals surface area contributed by atoms with Crippen LogP contribution in [0.5, 0.6) is 0 Å². The van der Waals surface area contributed by atoms with Crippen LogP contribution in [0.2, 0.25) is 0 Å². The lowest BCUT2D eigenvalue weighted by Gasteiger charge is -2.49. The normalized spacial score (nSPS) is 19.2. The highest BCUT2D eigenvalue weighted by molar-refractivity contribution is 8.01. The SMILES string of the molecule is Cc1nnc(SCC2=C(C(=O)O)N3C(=O)C(c4ccc(C#N)c(C(=O)NC(N)=O)c4)[C@@H]3SC2)s1. The summed E-state index contributed by atoms with van der Waals surface area (Å²) >= 11 is 4.20. The first-order chi connectivity index (χ1) is 16.2. The summed E-state index contributed by atoms with van der Waals surface area (Å²) in [5, 5.41) is 29.4. The van der Waals surface area contributed by atoms with Crippen LogP contribution in [0.4, 0.5) is 4.79 Å². The molecule has 34 heavy (non-hydrogen) atoms. The van der Waals surface area contributed by atoms with E-state index in [4.69, 9.17) is 5.73 Å². The van der Waals surface area contributed by atoms with E-state index in [1.54, 1.807) is 6.07 Å². The smallest absolute Gasteiger partial charge is 0.352 e. The van der Waals surface area contributed by atoms with Crippen molar-refractivity contribution in [2.24, 2.45) is 5.73 Å². The number of primary amides is 1. The van der Waals surface area contributed by atoms with E-state index >= 15 is 0 Å². The van der Waals surface area contributed by atoms with E-state index < -0.39 is 35.1 Å². The Morgan fingerprint density at radius 3 is 2.76 bits per heavy atom. The van der Waals surface area contributed by atoms with Crippen LogP contribution in [0.15, 0.2) is 33.8 Å². The molecule has 0 spiro atoms. The van der Waals surface area contributed by atoms with Gasteiger partial charge >= 0.3 is 12.0 Å². The highest BCUT2D eigenvalue weighted by Crippen LogP contribution is 2.49. The van der Waals surface area contributed by atoms with Gasteiger partial charge in [0.2, 0.25) is 5.91 Å². The number of imide groups is 1. The second kappa shape index (κ2) is 9.45. The number of carboxylic acids is 1. The van der Waals surface area contributed by atoms with E-state index in [2.05, 4.69) is 10.2 Å². The quantitative estimate of drug-likeness (QED) is 0.377. The lowest BCUT2D eigenvalue weighted by Crippen LogP contribution is -2.60. The molecule has 4 amide bonds. The van der Waals surface area contributed by atoms with Gasteiger partial charge in [-0.05, 0) is 30.2 Å². The Morgan fingerprint density at radius 2 is 2.15 bits per heavy atom. The van der Waals surface area contributed by atoms with E-state index in [9.17, 15) is 29.5 Å². The summed E-state index contributed by atoms with van der Waals surface area (Å²) in [6.45, 7) is 1.83. The number of urea groups is 1. The summed E-state index contributed by atoms with van der Waals surface area (Å²) in [7, 11) is 0. The maximum Gasteiger partial charge on any atom is 0.352 e. The van der Waals surface area contributed by atoms with Gasteiger partial charge in [-0.3, -0.25) is 19.8 Å². The third-order valence-electron chi connectivity index (χ3n) is 5.13. The summed E-state index contributed by atoms with van der Waals surface area (Å²) in [6, 6.07) is 5.09. The van der Waals surface area contributed by atoms with E-state index in [1.165, 1.54) is 51.9 Å². The predicted molar refractivity (Wildman–Crippen MR) is 124 cm³/mol. The number of carbonyl (C=O) groups excluding carboxylic acids is 3. The maximum absolute atomic E-state index is 13.1. The Balaban J connectivity index is 1.60. The van der Waals surface area contributed by atoms with Crippen LogP contribution in [0, 0.1) is 18.3 Å². The molecule has 2 aliphatic rings. The molecule has 1 aromatic carbocycles. The Bertz CT molecular complexity index is 1300.